The number of hydrogen-bond acceptors (Lipinski definition) is 4. The minimum atomic E-state index is -2.95. The molecule has 0 amide bonds. The lowest BCUT2D eigenvalue weighted by molar-refractivity contribution is -0.142. The average molecular weight is 298 g/mol. The number of aryl methyl sites for hydroxylation is 1. The number of rotatable bonds is 2. The SMILES string of the molecule is O=C(O)C1CCn2cc(C3CCCS(=O)(=O)C3)nc2C1. The predicted molar refractivity (Wildman–Crippen MR) is 72.3 cm³/mol. The molecule has 1 aromatic rings. The van der Waals surface area contributed by atoms with Gasteiger partial charge in [-0.05, 0) is 19.3 Å². The van der Waals surface area contributed by atoms with Crippen LogP contribution in [-0.2, 0) is 27.6 Å². The minimum absolute atomic E-state index is 0.0323. The molecule has 6 nitrogen and oxygen atoms in total. The third-order valence-corrected chi connectivity index (χ3v) is 6.08. The largest absolute Gasteiger partial charge is 0.481 e. The number of carboxylic acid groups (broad SMARTS) is 1. The first-order chi connectivity index (χ1) is 9.44. The van der Waals surface area contributed by atoms with Gasteiger partial charge in [-0.15, -0.1) is 0 Å². The monoisotopic (exact) mass is 298 g/mol. The van der Waals surface area contributed by atoms with Crippen LogP contribution >= 0.6 is 0 Å². The lowest BCUT2D eigenvalue weighted by Gasteiger charge is -2.19. The molecule has 0 aliphatic carbocycles. The first-order valence-corrected chi connectivity index (χ1v) is 8.76. The highest BCUT2D eigenvalue weighted by Crippen LogP contribution is 2.29. The van der Waals surface area contributed by atoms with Gasteiger partial charge in [0.2, 0.25) is 0 Å². The van der Waals surface area contributed by atoms with Crippen molar-refractivity contribution in [2.75, 3.05) is 11.5 Å². The molecule has 0 spiro atoms. The predicted octanol–water partition coefficient (Wildman–Crippen LogP) is 0.822. The summed E-state index contributed by atoms with van der Waals surface area (Å²) in [5.41, 5.74) is 0.814. The van der Waals surface area contributed by atoms with Gasteiger partial charge in [0, 0.05) is 25.1 Å². The van der Waals surface area contributed by atoms with Gasteiger partial charge in [0.25, 0.3) is 0 Å². The third kappa shape index (κ3) is 2.59. The molecule has 2 atom stereocenters. The van der Waals surface area contributed by atoms with Crippen LogP contribution in [0.2, 0.25) is 0 Å². The highest BCUT2D eigenvalue weighted by molar-refractivity contribution is 7.91. The third-order valence-electron chi connectivity index (χ3n) is 4.26. The molecule has 1 N–H and O–H groups in total. The Labute approximate surface area is 117 Å². The topological polar surface area (TPSA) is 89.3 Å². The van der Waals surface area contributed by atoms with E-state index < -0.39 is 15.8 Å². The number of carboxylic acids is 1. The van der Waals surface area contributed by atoms with Crippen molar-refractivity contribution in [2.45, 2.75) is 38.1 Å². The Hall–Kier alpha value is -1.37. The smallest absolute Gasteiger partial charge is 0.307 e. The van der Waals surface area contributed by atoms with Crippen molar-refractivity contribution in [3.8, 4) is 0 Å². The number of sulfone groups is 1. The molecular weight excluding hydrogens is 280 g/mol. The fourth-order valence-electron chi connectivity index (χ4n) is 3.11. The molecule has 1 aromatic heterocycles. The highest BCUT2D eigenvalue weighted by atomic mass is 32.2. The Morgan fingerprint density at radius 3 is 2.90 bits per heavy atom. The van der Waals surface area contributed by atoms with Crippen molar-refractivity contribution >= 4 is 15.8 Å². The maximum absolute atomic E-state index is 11.7. The summed E-state index contributed by atoms with van der Waals surface area (Å²) < 4.78 is 25.4. The fourth-order valence-corrected chi connectivity index (χ4v) is 4.84. The molecule has 1 fully saturated rings. The van der Waals surface area contributed by atoms with Gasteiger partial charge in [-0.3, -0.25) is 4.79 Å². The number of aromatic nitrogens is 2. The van der Waals surface area contributed by atoms with Crippen LogP contribution < -0.4 is 0 Å². The van der Waals surface area contributed by atoms with Crippen molar-refractivity contribution in [2.24, 2.45) is 5.92 Å². The van der Waals surface area contributed by atoms with Gasteiger partial charge in [-0.1, -0.05) is 0 Å². The Kier molecular flexibility index (Phi) is 3.32. The summed E-state index contributed by atoms with van der Waals surface area (Å²) in [6.45, 7) is 0.652. The molecule has 7 heteroatoms. The Balaban J connectivity index is 1.82. The normalized spacial score (nSPS) is 28.8. The summed E-state index contributed by atoms with van der Waals surface area (Å²) in [6, 6.07) is 0. The lowest BCUT2D eigenvalue weighted by Crippen LogP contribution is -2.25. The first-order valence-electron chi connectivity index (χ1n) is 6.94. The summed E-state index contributed by atoms with van der Waals surface area (Å²) in [6.07, 6.45) is 4.50. The zero-order valence-electron chi connectivity index (χ0n) is 11.2. The second kappa shape index (κ2) is 4.87. The molecule has 2 unspecified atom stereocenters. The first kappa shape index (κ1) is 13.6. The van der Waals surface area contributed by atoms with Gasteiger partial charge in [0.1, 0.15) is 5.82 Å². The fraction of sp³-hybridized carbons (Fsp3) is 0.692. The van der Waals surface area contributed by atoms with Gasteiger partial charge in [0.05, 0.1) is 23.1 Å². The Morgan fingerprint density at radius 1 is 1.40 bits per heavy atom. The lowest BCUT2D eigenvalue weighted by atomic mass is 9.98. The van der Waals surface area contributed by atoms with Crippen LogP contribution in [0.4, 0.5) is 0 Å². The van der Waals surface area contributed by atoms with E-state index in [1.54, 1.807) is 0 Å². The van der Waals surface area contributed by atoms with Crippen LogP contribution in [0.25, 0.3) is 0 Å². The van der Waals surface area contributed by atoms with Crippen molar-refractivity contribution < 1.29 is 18.3 Å². The van der Waals surface area contributed by atoms with E-state index in [2.05, 4.69) is 4.98 Å². The van der Waals surface area contributed by atoms with Crippen molar-refractivity contribution in [3.63, 3.8) is 0 Å². The molecule has 0 saturated carbocycles. The van der Waals surface area contributed by atoms with E-state index >= 15 is 0 Å². The number of hydrogen-bond donors (Lipinski definition) is 1. The number of imidazole rings is 1. The van der Waals surface area contributed by atoms with Crippen LogP contribution in [0.5, 0.6) is 0 Å². The maximum atomic E-state index is 11.7. The van der Waals surface area contributed by atoms with E-state index in [4.69, 9.17) is 5.11 Å². The van der Waals surface area contributed by atoms with Crippen LogP contribution in [0.1, 0.15) is 36.7 Å². The quantitative estimate of drug-likeness (QED) is 0.873. The van der Waals surface area contributed by atoms with Gasteiger partial charge >= 0.3 is 5.97 Å². The zero-order valence-corrected chi connectivity index (χ0v) is 12.0. The van der Waals surface area contributed by atoms with Gasteiger partial charge in [-0.2, -0.15) is 0 Å². The van der Waals surface area contributed by atoms with Crippen LogP contribution in [0.3, 0.4) is 0 Å². The summed E-state index contributed by atoms with van der Waals surface area (Å²) in [5, 5.41) is 9.07. The van der Waals surface area contributed by atoms with Crippen molar-refractivity contribution in [1.82, 2.24) is 9.55 Å². The molecular formula is C13H18N2O4S. The average Bonchev–Trinajstić information content (AvgIpc) is 2.80. The van der Waals surface area contributed by atoms with Crippen LogP contribution in [0, 0.1) is 5.92 Å². The summed E-state index contributed by atoms with van der Waals surface area (Å²) in [4.78, 5) is 15.5. The second-order valence-electron chi connectivity index (χ2n) is 5.76. The summed E-state index contributed by atoms with van der Waals surface area (Å²) >= 11 is 0. The second-order valence-corrected chi connectivity index (χ2v) is 7.99. The van der Waals surface area contributed by atoms with Gasteiger partial charge in [0.15, 0.2) is 9.84 Å². The Morgan fingerprint density at radius 2 is 2.20 bits per heavy atom. The zero-order chi connectivity index (χ0) is 14.3. The van der Waals surface area contributed by atoms with Crippen LogP contribution in [-0.4, -0.2) is 40.6 Å². The van der Waals surface area contributed by atoms with E-state index in [9.17, 15) is 13.2 Å². The maximum Gasteiger partial charge on any atom is 0.307 e. The molecule has 3 rings (SSSR count). The highest BCUT2D eigenvalue weighted by Gasteiger charge is 2.30. The van der Waals surface area contributed by atoms with E-state index in [-0.39, 0.29) is 23.3 Å². The van der Waals surface area contributed by atoms with E-state index in [1.165, 1.54) is 0 Å². The molecule has 2 aliphatic rings. The summed E-state index contributed by atoms with van der Waals surface area (Å²) in [5.74, 6) is 0.0508. The molecule has 1 saturated heterocycles. The van der Waals surface area contributed by atoms with Crippen LogP contribution in [0.15, 0.2) is 6.20 Å². The van der Waals surface area contributed by atoms with E-state index in [0.717, 1.165) is 17.9 Å². The Bertz CT molecular complexity index is 635. The molecule has 0 radical (unpaired) electrons. The number of aliphatic carboxylic acids is 1. The van der Waals surface area contributed by atoms with Gasteiger partial charge in [-0.25, -0.2) is 13.4 Å². The standard InChI is InChI=1S/C13H18N2O4S/c16-13(17)9-3-4-15-7-11(14-12(15)6-9)10-2-1-5-20(18,19)8-10/h7,9-10H,1-6,8H2,(H,16,17). The molecule has 2 aliphatic heterocycles. The number of nitrogens with zero attached hydrogens (tertiary/aromatic N) is 2. The van der Waals surface area contributed by atoms with Crippen molar-refractivity contribution in [3.05, 3.63) is 17.7 Å². The summed E-state index contributed by atoms with van der Waals surface area (Å²) in [7, 11) is -2.95. The van der Waals surface area contributed by atoms with E-state index in [0.29, 0.717) is 25.8 Å². The molecule has 3 heterocycles. The molecule has 20 heavy (non-hydrogen) atoms. The minimum Gasteiger partial charge on any atom is -0.481 e. The number of carbonyl (C=O) groups is 1. The van der Waals surface area contributed by atoms with E-state index in [1.807, 2.05) is 10.8 Å². The molecule has 0 bridgehead atoms. The molecule has 0 aromatic carbocycles. The van der Waals surface area contributed by atoms with Crippen molar-refractivity contribution in [1.29, 1.82) is 0 Å². The number of fused-ring (bicyclic) bond motifs is 1. The van der Waals surface area contributed by atoms with Gasteiger partial charge < -0.3 is 9.67 Å². The molecule has 110 valence electrons.